The molecule has 0 aromatic heterocycles. The number of ether oxygens (including phenoxy) is 2. The quantitative estimate of drug-likeness (QED) is 0.756. The summed E-state index contributed by atoms with van der Waals surface area (Å²) < 4.78 is 11.0. The fraction of sp³-hybridized carbons (Fsp3) is 0.562. The van der Waals surface area contributed by atoms with Crippen molar-refractivity contribution < 1.29 is 14.3 Å². The molecule has 0 N–H and O–H groups in total. The molecule has 0 atom stereocenters. The molecule has 0 radical (unpaired) electrons. The van der Waals surface area contributed by atoms with Crippen LogP contribution in [0.4, 0.5) is 0 Å². The highest BCUT2D eigenvalue weighted by molar-refractivity contribution is 6.18. The molecule has 5 heteroatoms. The van der Waals surface area contributed by atoms with Crippen LogP contribution in [0.1, 0.15) is 37.0 Å². The highest BCUT2D eigenvalue weighted by Gasteiger charge is 2.23. The van der Waals surface area contributed by atoms with E-state index in [9.17, 15) is 4.79 Å². The van der Waals surface area contributed by atoms with Gasteiger partial charge in [-0.25, -0.2) is 0 Å². The maximum atomic E-state index is 12.8. The fourth-order valence-electron chi connectivity index (χ4n) is 2.61. The van der Waals surface area contributed by atoms with E-state index in [4.69, 9.17) is 21.1 Å². The van der Waals surface area contributed by atoms with Gasteiger partial charge >= 0.3 is 0 Å². The van der Waals surface area contributed by atoms with Crippen molar-refractivity contribution >= 4 is 17.5 Å². The Balaban J connectivity index is 2.23. The second kappa shape index (κ2) is 7.55. The number of hydrogen-bond donors (Lipinski definition) is 0. The zero-order valence-corrected chi connectivity index (χ0v) is 13.4. The lowest BCUT2D eigenvalue weighted by Crippen LogP contribution is -2.41. The van der Waals surface area contributed by atoms with Gasteiger partial charge in [-0.15, -0.1) is 11.6 Å². The molecular weight excluding hydrogens is 290 g/mol. The monoisotopic (exact) mass is 311 g/mol. The minimum atomic E-state index is 0.00123. The highest BCUT2D eigenvalue weighted by Crippen LogP contribution is 2.31. The minimum absolute atomic E-state index is 0.00123. The van der Waals surface area contributed by atoms with Gasteiger partial charge in [0.1, 0.15) is 13.2 Å². The van der Waals surface area contributed by atoms with E-state index in [1.165, 1.54) is 0 Å². The van der Waals surface area contributed by atoms with Crippen molar-refractivity contribution in [3.05, 3.63) is 23.8 Å². The maximum Gasteiger partial charge on any atom is 0.254 e. The Kier molecular flexibility index (Phi) is 5.74. The number of carbonyl (C=O) groups is 1. The first-order chi connectivity index (χ1) is 10.2. The molecule has 0 unspecified atom stereocenters. The maximum absolute atomic E-state index is 12.8. The minimum Gasteiger partial charge on any atom is -0.486 e. The standard InChI is InChI=1S/C16H22ClNO3/c1-3-13(4-2)18(8-7-17)16(19)12-5-6-14-15(11-12)21-10-9-20-14/h5-6,11,13H,3-4,7-10H2,1-2H3. The van der Waals surface area contributed by atoms with E-state index >= 15 is 0 Å². The van der Waals surface area contributed by atoms with E-state index in [1.807, 2.05) is 4.90 Å². The zero-order chi connectivity index (χ0) is 15.2. The number of hydrogen-bond acceptors (Lipinski definition) is 3. The number of nitrogens with zero attached hydrogens (tertiary/aromatic N) is 1. The molecule has 1 aliphatic rings. The van der Waals surface area contributed by atoms with Crippen molar-refractivity contribution in [3.63, 3.8) is 0 Å². The van der Waals surface area contributed by atoms with Gasteiger partial charge in [-0.05, 0) is 31.0 Å². The molecule has 0 saturated heterocycles. The second-order valence-electron chi connectivity index (χ2n) is 5.02. The van der Waals surface area contributed by atoms with Crippen LogP contribution >= 0.6 is 11.6 Å². The van der Waals surface area contributed by atoms with Gasteiger partial charge in [-0.3, -0.25) is 4.79 Å². The molecule has 0 fully saturated rings. The Labute approximate surface area is 131 Å². The Morgan fingerprint density at radius 3 is 2.52 bits per heavy atom. The molecule has 0 saturated carbocycles. The van der Waals surface area contributed by atoms with E-state index < -0.39 is 0 Å². The molecule has 4 nitrogen and oxygen atoms in total. The molecular formula is C16H22ClNO3. The summed E-state index contributed by atoms with van der Waals surface area (Å²) in [4.78, 5) is 14.6. The summed E-state index contributed by atoms with van der Waals surface area (Å²) in [5, 5.41) is 0. The SMILES string of the molecule is CCC(CC)N(CCCl)C(=O)c1ccc2c(c1)OCCO2. The van der Waals surface area contributed by atoms with Crippen LogP contribution in [0.25, 0.3) is 0 Å². The highest BCUT2D eigenvalue weighted by atomic mass is 35.5. The van der Waals surface area contributed by atoms with Crippen LogP contribution in [0, 0.1) is 0 Å². The summed E-state index contributed by atoms with van der Waals surface area (Å²) in [6.45, 7) is 5.80. The lowest BCUT2D eigenvalue weighted by atomic mass is 10.1. The van der Waals surface area contributed by atoms with E-state index in [0.29, 0.717) is 42.7 Å². The van der Waals surface area contributed by atoms with Crippen molar-refractivity contribution in [1.82, 2.24) is 4.90 Å². The molecule has 1 aromatic carbocycles. The van der Waals surface area contributed by atoms with Crippen molar-refractivity contribution in [2.45, 2.75) is 32.7 Å². The first-order valence-corrected chi connectivity index (χ1v) is 8.01. The number of alkyl halides is 1. The number of fused-ring (bicyclic) bond motifs is 1. The molecule has 116 valence electrons. The lowest BCUT2D eigenvalue weighted by molar-refractivity contribution is 0.0680. The number of rotatable bonds is 6. The summed E-state index contributed by atoms with van der Waals surface area (Å²) in [6.07, 6.45) is 1.84. The van der Waals surface area contributed by atoms with E-state index in [-0.39, 0.29) is 11.9 Å². The lowest BCUT2D eigenvalue weighted by Gasteiger charge is -2.30. The van der Waals surface area contributed by atoms with Crippen LogP contribution in [0.5, 0.6) is 11.5 Å². The van der Waals surface area contributed by atoms with Crippen LogP contribution in [-0.4, -0.2) is 42.5 Å². The average Bonchev–Trinajstić information content (AvgIpc) is 2.54. The van der Waals surface area contributed by atoms with Gasteiger partial charge in [0.25, 0.3) is 5.91 Å². The predicted octanol–water partition coefficient (Wildman–Crippen LogP) is 3.33. The zero-order valence-electron chi connectivity index (χ0n) is 12.6. The van der Waals surface area contributed by atoms with E-state index in [2.05, 4.69) is 13.8 Å². The predicted molar refractivity (Wildman–Crippen MR) is 83.6 cm³/mol. The van der Waals surface area contributed by atoms with Gasteiger partial charge in [0.2, 0.25) is 0 Å². The molecule has 2 rings (SSSR count). The normalized spacial score (nSPS) is 13.3. The molecule has 0 aliphatic carbocycles. The van der Waals surface area contributed by atoms with Crippen LogP contribution in [-0.2, 0) is 0 Å². The van der Waals surface area contributed by atoms with Gasteiger partial charge in [0.05, 0.1) is 0 Å². The Hall–Kier alpha value is -1.42. The van der Waals surface area contributed by atoms with Gasteiger partial charge in [-0.1, -0.05) is 13.8 Å². The van der Waals surface area contributed by atoms with Crippen molar-refractivity contribution in [2.24, 2.45) is 0 Å². The van der Waals surface area contributed by atoms with Crippen LogP contribution in [0.15, 0.2) is 18.2 Å². The molecule has 1 aliphatic heterocycles. The summed E-state index contributed by atoms with van der Waals surface area (Å²) in [5.74, 6) is 1.78. The van der Waals surface area contributed by atoms with Gasteiger partial charge in [-0.2, -0.15) is 0 Å². The molecule has 0 bridgehead atoms. The second-order valence-corrected chi connectivity index (χ2v) is 5.39. The van der Waals surface area contributed by atoms with Crippen LogP contribution in [0.2, 0.25) is 0 Å². The van der Waals surface area contributed by atoms with Gasteiger partial charge < -0.3 is 14.4 Å². The summed E-state index contributed by atoms with van der Waals surface area (Å²) in [7, 11) is 0. The van der Waals surface area contributed by atoms with Crippen molar-refractivity contribution in [1.29, 1.82) is 0 Å². The number of amides is 1. The average molecular weight is 312 g/mol. The molecule has 1 aromatic rings. The number of carbonyl (C=O) groups excluding carboxylic acids is 1. The fourth-order valence-corrected chi connectivity index (χ4v) is 2.79. The Morgan fingerprint density at radius 1 is 1.24 bits per heavy atom. The Morgan fingerprint density at radius 2 is 1.90 bits per heavy atom. The largest absolute Gasteiger partial charge is 0.486 e. The third kappa shape index (κ3) is 3.62. The molecule has 21 heavy (non-hydrogen) atoms. The van der Waals surface area contributed by atoms with Crippen LogP contribution < -0.4 is 9.47 Å². The van der Waals surface area contributed by atoms with Gasteiger partial charge in [0.15, 0.2) is 11.5 Å². The first-order valence-electron chi connectivity index (χ1n) is 7.47. The molecule has 0 spiro atoms. The van der Waals surface area contributed by atoms with E-state index in [0.717, 1.165) is 12.8 Å². The number of benzene rings is 1. The topological polar surface area (TPSA) is 38.8 Å². The van der Waals surface area contributed by atoms with Crippen molar-refractivity contribution in [2.75, 3.05) is 25.6 Å². The third-order valence-corrected chi connectivity index (χ3v) is 3.93. The summed E-state index contributed by atoms with van der Waals surface area (Å²) in [5.41, 5.74) is 0.622. The number of halogens is 1. The van der Waals surface area contributed by atoms with E-state index in [1.54, 1.807) is 18.2 Å². The smallest absolute Gasteiger partial charge is 0.254 e. The third-order valence-electron chi connectivity index (χ3n) is 3.76. The van der Waals surface area contributed by atoms with Crippen LogP contribution in [0.3, 0.4) is 0 Å². The Bertz CT molecular complexity index is 488. The molecule has 1 amide bonds. The van der Waals surface area contributed by atoms with Gasteiger partial charge in [0, 0.05) is 24.0 Å². The summed E-state index contributed by atoms with van der Waals surface area (Å²) >= 11 is 5.86. The molecule has 1 heterocycles. The first kappa shape index (κ1) is 16.0. The summed E-state index contributed by atoms with van der Waals surface area (Å²) in [6, 6.07) is 5.57. The van der Waals surface area contributed by atoms with Crippen molar-refractivity contribution in [3.8, 4) is 11.5 Å².